The van der Waals surface area contributed by atoms with Crippen LogP contribution in [0.2, 0.25) is 0 Å². The molecule has 0 fully saturated rings. The molecular weight excluding hydrogens is 378 g/mol. The number of hydrogen-bond donors (Lipinski definition) is 1. The fourth-order valence-corrected chi connectivity index (χ4v) is 3.81. The number of para-hydroxylation sites is 1. The van der Waals surface area contributed by atoms with Gasteiger partial charge in [0.05, 0.1) is 10.6 Å². The summed E-state index contributed by atoms with van der Waals surface area (Å²) < 4.78 is 5.58. The quantitative estimate of drug-likeness (QED) is 0.382. The van der Waals surface area contributed by atoms with E-state index in [2.05, 4.69) is 10.3 Å². The average Bonchev–Trinajstić information content (AvgIpc) is 3.26. The summed E-state index contributed by atoms with van der Waals surface area (Å²) in [6, 6.07) is 15.5. The molecule has 0 bridgehead atoms. The minimum atomic E-state index is -0.423. The van der Waals surface area contributed by atoms with Gasteiger partial charge >= 0.3 is 0 Å². The lowest BCUT2D eigenvalue weighted by molar-refractivity contribution is -0.384. The van der Waals surface area contributed by atoms with Crippen LogP contribution in [0.4, 0.5) is 10.8 Å². The Labute approximate surface area is 163 Å². The molecule has 1 N–H and O–H groups in total. The molecule has 1 amide bonds. The Kier molecular flexibility index (Phi) is 4.62. The van der Waals surface area contributed by atoms with Gasteiger partial charge in [-0.05, 0) is 24.6 Å². The Hall–Kier alpha value is -3.52. The third-order valence-corrected chi connectivity index (χ3v) is 5.35. The second kappa shape index (κ2) is 7.24. The highest BCUT2D eigenvalue weighted by Crippen LogP contribution is 2.27. The molecular formula is C20H15N3O4S. The van der Waals surface area contributed by atoms with E-state index in [-0.39, 0.29) is 17.4 Å². The molecule has 140 valence electrons. The maximum atomic E-state index is 12.5. The van der Waals surface area contributed by atoms with Gasteiger partial charge in [0, 0.05) is 28.8 Å². The van der Waals surface area contributed by atoms with Crippen LogP contribution in [0, 0.1) is 17.0 Å². The lowest BCUT2D eigenvalue weighted by atomic mass is 10.1. The first-order valence-electron chi connectivity index (χ1n) is 8.49. The SMILES string of the molecule is Cc1nc(NC(=O)c2cc3ccccc3o2)sc1Cc1ccc([N+](=O)[O-])cc1. The van der Waals surface area contributed by atoms with Crippen molar-refractivity contribution in [1.29, 1.82) is 0 Å². The highest BCUT2D eigenvalue weighted by Gasteiger charge is 2.16. The molecule has 0 radical (unpaired) electrons. The summed E-state index contributed by atoms with van der Waals surface area (Å²) in [5.41, 5.74) is 2.46. The van der Waals surface area contributed by atoms with E-state index in [4.69, 9.17) is 4.42 Å². The summed E-state index contributed by atoms with van der Waals surface area (Å²) in [5.74, 6) is -0.127. The molecule has 0 aliphatic carbocycles. The number of fused-ring (bicyclic) bond motifs is 1. The molecule has 28 heavy (non-hydrogen) atoms. The van der Waals surface area contributed by atoms with Gasteiger partial charge in [0.15, 0.2) is 10.9 Å². The molecule has 0 saturated carbocycles. The molecule has 0 aliphatic heterocycles. The van der Waals surface area contributed by atoms with Crippen molar-refractivity contribution >= 4 is 39.0 Å². The van der Waals surface area contributed by atoms with Crippen molar-refractivity contribution in [3.05, 3.63) is 86.6 Å². The number of nitro groups is 1. The molecule has 4 aromatic rings. The number of benzene rings is 2. The summed E-state index contributed by atoms with van der Waals surface area (Å²) in [5, 5.41) is 14.9. The van der Waals surface area contributed by atoms with Gasteiger partial charge < -0.3 is 4.42 Å². The number of carbonyl (C=O) groups is 1. The normalized spacial score (nSPS) is 10.9. The number of hydrogen-bond acceptors (Lipinski definition) is 6. The number of nitrogens with one attached hydrogen (secondary N) is 1. The standard InChI is InChI=1S/C20H15N3O4S/c1-12-18(10-13-6-8-15(9-7-13)23(25)26)28-20(21-12)22-19(24)17-11-14-4-2-3-5-16(14)27-17/h2-9,11H,10H2,1H3,(H,21,22,24). The van der Waals surface area contributed by atoms with Gasteiger partial charge in [-0.2, -0.15) is 0 Å². The molecule has 2 aromatic heterocycles. The fraction of sp³-hybridized carbons (Fsp3) is 0.100. The van der Waals surface area contributed by atoms with Gasteiger partial charge in [0.1, 0.15) is 5.58 Å². The van der Waals surface area contributed by atoms with Crippen LogP contribution in [0.15, 0.2) is 59.0 Å². The third-order valence-electron chi connectivity index (χ3n) is 4.27. The Bertz CT molecular complexity index is 1140. The van der Waals surface area contributed by atoms with E-state index >= 15 is 0 Å². The van der Waals surface area contributed by atoms with Gasteiger partial charge in [-0.3, -0.25) is 20.2 Å². The number of amides is 1. The molecule has 2 aromatic carbocycles. The van der Waals surface area contributed by atoms with Crippen molar-refractivity contribution in [1.82, 2.24) is 4.98 Å². The highest BCUT2D eigenvalue weighted by molar-refractivity contribution is 7.15. The van der Waals surface area contributed by atoms with Crippen LogP contribution in [0.5, 0.6) is 0 Å². The molecule has 0 aliphatic rings. The van der Waals surface area contributed by atoms with Gasteiger partial charge in [-0.25, -0.2) is 4.98 Å². The van der Waals surface area contributed by atoms with E-state index < -0.39 is 4.92 Å². The number of furan rings is 1. The smallest absolute Gasteiger partial charge is 0.293 e. The van der Waals surface area contributed by atoms with Crippen molar-refractivity contribution in [2.24, 2.45) is 0 Å². The van der Waals surface area contributed by atoms with E-state index in [0.717, 1.165) is 21.5 Å². The summed E-state index contributed by atoms with van der Waals surface area (Å²) in [7, 11) is 0. The van der Waals surface area contributed by atoms with Crippen molar-refractivity contribution < 1.29 is 14.1 Å². The summed E-state index contributed by atoms with van der Waals surface area (Å²) in [6.07, 6.45) is 0.585. The summed E-state index contributed by atoms with van der Waals surface area (Å²) in [6.45, 7) is 1.87. The number of thiazole rings is 1. The molecule has 2 heterocycles. The fourth-order valence-electron chi connectivity index (χ4n) is 2.82. The minimum absolute atomic E-state index is 0.0589. The Morgan fingerprint density at radius 2 is 1.96 bits per heavy atom. The number of nitro benzene ring substituents is 1. The maximum Gasteiger partial charge on any atom is 0.293 e. The highest BCUT2D eigenvalue weighted by atomic mass is 32.1. The van der Waals surface area contributed by atoms with Crippen LogP contribution in [-0.2, 0) is 6.42 Å². The Morgan fingerprint density at radius 3 is 2.68 bits per heavy atom. The third kappa shape index (κ3) is 3.63. The summed E-state index contributed by atoms with van der Waals surface area (Å²) in [4.78, 5) is 28.2. The monoisotopic (exact) mass is 393 g/mol. The van der Waals surface area contributed by atoms with E-state index in [0.29, 0.717) is 17.1 Å². The predicted molar refractivity (Wildman–Crippen MR) is 107 cm³/mol. The molecule has 8 heteroatoms. The zero-order valence-corrected chi connectivity index (χ0v) is 15.7. The van der Waals surface area contributed by atoms with Crippen LogP contribution in [0.1, 0.15) is 26.7 Å². The maximum absolute atomic E-state index is 12.5. The number of rotatable bonds is 5. The van der Waals surface area contributed by atoms with Crippen LogP contribution in [-0.4, -0.2) is 15.8 Å². The Morgan fingerprint density at radius 1 is 1.21 bits per heavy atom. The second-order valence-electron chi connectivity index (χ2n) is 6.23. The zero-order valence-electron chi connectivity index (χ0n) is 14.8. The number of aromatic nitrogens is 1. The van der Waals surface area contributed by atoms with E-state index in [1.54, 1.807) is 18.2 Å². The lowest BCUT2D eigenvalue weighted by Crippen LogP contribution is -2.10. The van der Waals surface area contributed by atoms with E-state index in [1.807, 2.05) is 31.2 Å². The molecule has 0 unspecified atom stereocenters. The summed E-state index contributed by atoms with van der Waals surface area (Å²) >= 11 is 1.38. The number of anilines is 1. The van der Waals surface area contributed by atoms with Crippen LogP contribution < -0.4 is 5.32 Å². The van der Waals surface area contributed by atoms with E-state index in [9.17, 15) is 14.9 Å². The van der Waals surface area contributed by atoms with Crippen LogP contribution in [0.3, 0.4) is 0 Å². The van der Waals surface area contributed by atoms with Gasteiger partial charge in [-0.15, -0.1) is 11.3 Å². The minimum Gasteiger partial charge on any atom is -0.451 e. The van der Waals surface area contributed by atoms with Crippen molar-refractivity contribution in [3.8, 4) is 0 Å². The first-order chi connectivity index (χ1) is 13.5. The lowest BCUT2D eigenvalue weighted by Gasteiger charge is -1.99. The van der Waals surface area contributed by atoms with Crippen molar-refractivity contribution in [2.75, 3.05) is 5.32 Å². The number of nitrogens with zero attached hydrogens (tertiary/aromatic N) is 2. The molecule has 4 rings (SSSR count). The topological polar surface area (TPSA) is 98.3 Å². The van der Waals surface area contributed by atoms with Gasteiger partial charge in [-0.1, -0.05) is 30.3 Å². The van der Waals surface area contributed by atoms with Crippen molar-refractivity contribution in [3.63, 3.8) is 0 Å². The number of aryl methyl sites for hydroxylation is 1. The number of non-ortho nitro benzene ring substituents is 1. The molecule has 7 nitrogen and oxygen atoms in total. The predicted octanol–water partition coefficient (Wildman–Crippen LogP) is 4.95. The number of carbonyl (C=O) groups excluding carboxylic acids is 1. The Balaban J connectivity index is 1.49. The first kappa shape index (κ1) is 17.9. The van der Waals surface area contributed by atoms with Crippen LogP contribution >= 0.6 is 11.3 Å². The van der Waals surface area contributed by atoms with E-state index in [1.165, 1.54) is 23.5 Å². The zero-order chi connectivity index (χ0) is 19.7. The largest absolute Gasteiger partial charge is 0.451 e. The van der Waals surface area contributed by atoms with Crippen molar-refractivity contribution in [2.45, 2.75) is 13.3 Å². The van der Waals surface area contributed by atoms with Crippen LogP contribution in [0.25, 0.3) is 11.0 Å². The second-order valence-corrected chi connectivity index (χ2v) is 7.31. The average molecular weight is 393 g/mol. The molecule has 0 atom stereocenters. The van der Waals surface area contributed by atoms with Gasteiger partial charge in [0.25, 0.3) is 11.6 Å². The molecule has 0 spiro atoms. The van der Waals surface area contributed by atoms with Gasteiger partial charge in [0.2, 0.25) is 0 Å². The first-order valence-corrected chi connectivity index (χ1v) is 9.31. The molecule has 0 saturated heterocycles.